The van der Waals surface area contributed by atoms with Crippen molar-refractivity contribution in [2.45, 2.75) is 38.8 Å². The summed E-state index contributed by atoms with van der Waals surface area (Å²) in [5, 5.41) is 9.13. The van der Waals surface area contributed by atoms with Crippen molar-refractivity contribution in [3.63, 3.8) is 0 Å². The van der Waals surface area contributed by atoms with Gasteiger partial charge in [0.05, 0.1) is 6.42 Å². The highest BCUT2D eigenvalue weighted by atomic mass is 16.4. The monoisotopic (exact) mass is 247 g/mol. The molecule has 3 atom stereocenters. The summed E-state index contributed by atoms with van der Waals surface area (Å²) in [6.07, 6.45) is 1.34. The average Bonchev–Trinajstić information content (AvgIpc) is 2.66. The summed E-state index contributed by atoms with van der Waals surface area (Å²) in [5.41, 5.74) is 1.11. The van der Waals surface area contributed by atoms with Crippen molar-refractivity contribution < 1.29 is 9.90 Å². The summed E-state index contributed by atoms with van der Waals surface area (Å²) in [6, 6.07) is 10.5. The second-order valence-corrected chi connectivity index (χ2v) is 5.41. The summed E-state index contributed by atoms with van der Waals surface area (Å²) >= 11 is 0. The Balaban J connectivity index is 2.23. The molecule has 1 aromatic rings. The first-order valence-corrected chi connectivity index (χ1v) is 6.60. The first kappa shape index (κ1) is 13.1. The van der Waals surface area contributed by atoms with Crippen LogP contribution < -0.4 is 0 Å². The Kier molecular flexibility index (Phi) is 4.02. The van der Waals surface area contributed by atoms with Gasteiger partial charge < -0.3 is 5.11 Å². The van der Waals surface area contributed by atoms with Gasteiger partial charge in [-0.25, -0.2) is 0 Å². The van der Waals surface area contributed by atoms with E-state index in [1.807, 2.05) is 30.3 Å². The zero-order valence-electron chi connectivity index (χ0n) is 11.0. The molecule has 1 fully saturated rings. The van der Waals surface area contributed by atoms with Crippen LogP contribution in [0.25, 0.3) is 0 Å². The predicted octanol–water partition coefficient (Wildman–Crippen LogP) is 2.93. The van der Waals surface area contributed by atoms with Crippen LogP contribution >= 0.6 is 0 Å². The molecule has 0 spiro atoms. The maximum Gasteiger partial charge on any atom is 0.305 e. The van der Waals surface area contributed by atoms with Gasteiger partial charge in [0.2, 0.25) is 0 Å². The van der Waals surface area contributed by atoms with Gasteiger partial charge in [-0.05, 0) is 24.8 Å². The number of nitrogens with zero attached hydrogens (tertiary/aromatic N) is 1. The van der Waals surface area contributed by atoms with Gasteiger partial charge in [-0.15, -0.1) is 0 Å². The van der Waals surface area contributed by atoms with Crippen LogP contribution in [-0.4, -0.2) is 28.6 Å². The van der Waals surface area contributed by atoms with E-state index in [-0.39, 0.29) is 12.5 Å². The van der Waals surface area contributed by atoms with E-state index in [2.05, 4.69) is 18.7 Å². The van der Waals surface area contributed by atoms with Crippen molar-refractivity contribution >= 4 is 5.97 Å². The molecule has 3 unspecified atom stereocenters. The number of likely N-dealkylation sites (tertiary alicyclic amines) is 1. The number of carboxylic acid groups (broad SMARTS) is 1. The largest absolute Gasteiger partial charge is 0.481 e. The molecule has 1 heterocycles. The first-order chi connectivity index (χ1) is 8.58. The third-order valence-corrected chi connectivity index (χ3v) is 3.78. The molecule has 0 bridgehead atoms. The zero-order valence-corrected chi connectivity index (χ0v) is 11.0. The maximum atomic E-state index is 11.1. The number of hydrogen-bond donors (Lipinski definition) is 1. The predicted molar refractivity (Wildman–Crippen MR) is 71.4 cm³/mol. The van der Waals surface area contributed by atoms with E-state index in [9.17, 15) is 4.79 Å². The lowest BCUT2D eigenvalue weighted by Crippen LogP contribution is -2.33. The molecule has 1 N–H and O–H groups in total. The Morgan fingerprint density at radius 1 is 1.39 bits per heavy atom. The van der Waals surface area contributed by atoms with Gasteiger partial charge in [-0.3, -0.25) is 9.69 Å². The summed E-state index contributed by atoms with van der Waals surface area (Å²) in [4.78, 5) is 13.4. The summed E-state index contributed by atoms with van der Waals surface area (Å²) in [6.45, 7) is 5.43. The first-order valence-electron chi connectivity index (χ1n) is 6.60. The molecule has 1 aliphatic heterocycles. The Labute approximate surface area is 108 Å². The quantitative estimate of drug-likeness (QED) is 0.889. The summed E-state index contributed by atoms with van der Waals surface area (Å²) in [5.74, 6) is -0.0735. The van der Waals surface area contributed by atoms with Gasteiger partial charge >= 0.3 is 5.97 Å². The Morgan fingerprint density at radius 3 is 2.56 bits per heavy atom. The van der Waals surface area contributed by atoms with Crippen LogP contribution in [0.3, 0.4) is 0 Å². The van der Waals surface area contributed by atoms with E-state index in [0.29, 0.717) is 12.0 Å². The van der Waals surface area contributed by atoms with Crippen molar-refractivity contribution in [3.8, 4) is 0 Å². The average molecular weight is 247 g/mol. The molecule has 98 valence electrons. The van der Waals surface area contributed by atoms with Crippen LogP contribution in [0.15, 0.2) is 30.3 Å². The highest BCUT2D eigenvalue weighted by molar-refractivity contribution is 5.68. The van der Waals surface area contributed by atoms with Crippen LogP contribution in [0.2, 0.25) is 0 Å². The van der Waals surface area contributed by atoms with Crippen molar-refractivity contribution in [1.29, 1.82) is 0 Å². The third-order valence-electron chi connectivity index (χ3n) is 3.78. The number of benzene rings is 1. The fraction of sp³-hybridized carbons (Fsp3) is 0.533. The zero-order chi connectivity index (χ0) is 13.1. The lowest BCUT2D eigenvalue weighted by atomic mass is 10.0. The van der Waals surface area contributed by atoms with Crippen LogP contribution in [-0.2, 0) is 4.79 Å². The molecule has 2 rings (SSSR count). The van der Waals surface area contributed by atoms with Gasteiger partial charge in [0.1, 0.15) is 0 Å². The van der Waals surface area contributed by atoms with Crippen LogP contribution in [0.5, 0.6) is 0 Å². The molecule has 1 aromatic carbocycles. The Hall–Kier alpha value is -1.35. The second kappa shape index (κ2) is 5.53. The van der Waals surface area contributed by atoms with Gasteiger partial charge in [0.25, 0.3) is 0 Å². The van der Waals surface area contributed by atoms with Gasteiger partial charge in [0.15, 0.2) is 0 Å². The summed E-state index contributed by atoms with van der Waals surface area (Å²) in [7, 11) is 0. The van der Waals surface area contributed by atoms with Gasteiger partial charge in [-0.1, -0.05) is 37.3 Å². The van der Waals surface area contributed by atoms with E-state index < -0.39 is 5.97 Å². The molecular weight excluding hydrogens is 226 g/mol. The normalized spacial score (nSPS) is 26.1. The van der Waals surface area contributed by atoms with E-state index >= 15 is 0 Å². The lowest BCUT2D eigenvalue weighted by molar-refractivity contribution is -0.138. The van der Waals surface area contributed by atoms with E-state index in [1.54, 1.807) is 0 Å². The molecule has 1 aliphatic rings. The fourth-order valence-corrected chi connectivity index (χ4v) is 3.03. The highest BCUT2D eigenvalue weighted by Gasteiger charge is 2.33. The van der Waals surface area contributed by atoms with Crippen molar-refractivity contribution in [2.75, 3.05) is 6.54 Å². The second-order valence-electron chi connectivity index (χ2n) is 5.41. The van der Waals surface area contributed by atoms with Crippen LogP contribution in [0, 0.1) is 5.92 Å². The fourth-order valence-electron chi connectivity index (χ4n) is 3.03. The maximum absolute atomic E-state index is 11.1. The molecule has 1 saturated heterocycles. The minimum atomic E-state index is -0.726. The molecule has 0 saturated carbocycles. The molecule has 0 aliphatic carbocycles. The molecule has 18 heavy (non-hydrogen) atoms. The number of hydrogen-bond acceptors (Lipinski definition) is 2. The summed E-state index contributed by atoms with van der Waals surface area (Å²) < 4.78 is 0. The Morgan fingerprint density at radius 2 is 2.06 bits per heavy atom. The third kappa shape index (κ3) is 2.91. The van der Waals surface area contributed by atoms with Crippen LogP contribution in [0.4, 0.5) is 0 Å². The number of carbonyl (C=O) groups is 1. The molecular formula is C15H21NO2. The number of carboxylic acids is 1. The van der Waals surface area contributed by atoms with Crippen molar-refractivity contribution in [2.24, 2.45) is 5.92 Å². The Bertz CT molecular complexity index is 404. The molecule has 0 radical (unpaired) electrons. The van der Waals surface area contributed by atoms with Gasteiger partial charge in [0, 0.05) is 18.6 Å². The lowest BCUT2D eigenvalue weighted by Gasteiger charge is -2.31. The van der Waals surface area contributed by atoms with E-state index in [1.165, 1.54) is 0 Å². The highest BCUT2D eigenvalue weighted by Crippen LogP contribution is 2.33. The molecule has 0 aromatic heterocycles. The topological polar surface area (TPSA) is 40.5 Å². The van der Waals surface area contributed by atoms with Crippen molar-refractivity contribution in [3.05, 3.63) is 35.9 Å². The molecule has 3 nitrogen and oxygen atoms in total. The van der Waals surface area contributed by atoms with E-state index in [4.69, 9.17) is 5.11 Å². The van der Waals surface area contributed by atoms with Crippen molar-refractivity contribution in [1.82, 2.24) is 4.90 Å². The van der Waals surface area contributed by atoms with E-state index in [0.717, 1.165) is 18.5 Å². The van der Waals surface area contributed by atoms with Crippen LogP contribution in [0.1, 0.15) is 38.3 Å². The SMILES string of the molecule is CC1CC(C)N(C(CC(=O)O)c2ccccc2)C1. The molecule has 0 amide bonds. The minimum Gasteiger partial charge on any atom is -0.481 e. The minimum absolute atomic E-state index is 0.00338. The molecule has 3 heteroatoms. The number of aliphatic carboxylic acids is 1. The smallest absolute Gasteiger partial charge is 0.305 e. The number of rotatable bonds is 4. The standard InChI is InChI=1S/C15H21NO2/c1-11-8-12(2)16(10-11)14(9-15(17)18)13-6-4-3-5-7-13/h3-7,11-12,14H,8-10H2,1-2H3,(H,17,18). The van der Waals surface area contributed by atoms with Gasteiger partial charge in [-0.2, -0.15) is 0 Å².